The average Bonchev–Trinajstić information content (AvgIpc) is 3.23. The Morgan fingerprint density at radius 1 is 1.17 bits per heavy atom. The van der Waals surface area contributed by atoms with Gasteiger partial charge in [0.05, 0.1) is 16.3 Å². The summed E-state index contributed by atoms with van der Waals surface area (Å²) in [6.45, 7) is 0. The predicted octanol–water partition coefficient (Wildman–Crippen LogP) is 3.74. The second kappa shape index (κ2) is 4.89. The van der Waals surface area contributed by atoms with Gasteiger partial charge in [0.25, 0.3) is 5.78 Å². The lowest BCUT2D eigenvalue weighted by Crippen LogP contribution is -2.07. The van der Waals surface area contributed by atoms with E-state index in [0.29, 0.717) is 17.4 Å². The largest absolute Gasteiger partial charge is 0.417 e. The first-order chi connectivity index (χ1) is 10.9. The Morgan fingerprint density at radius 3 is 2.61 bits per heavy atom. The van der Waals surface area contributed by atoms with E-state index >= 15 is 0 Å². The predicted molar refractivity (Wildman–Crippen MR) is 76.0 cm³/mol. The van der Waals surface area contributed by atoms with Crippen LogP contribution in [0.1, 0.15) is 30.0 Å². The van der Waals surface area contributed by atoms with Gasteiger partial charge in [0.15, 0.2) is 0 Å². The zero-order chi connectivity index (χ0) is 16.2. The maximum absolute atomic E-state index is 12.7. The quantitative estimate of drug-likeness (QED) is 0.713. The van der Waals surface area contributed by atoms with Gasteiger partial charge in [-0.15, -0.1) is 0 Å². The normalized spacial score (nSPS) is 15.3. The number of pyridine rings is 1. The molecule has 0 saturated heterocycles. The number of halogens is 4. The summed E-state index contributed by atoms with van der Waals surface area (Å²) in [5.74, 6) is 0.728. The first-order valence-electron chi connectivity index (χ1n) is 6.87. The summed E-state index contributed by atoms with van der Waals surface area (Å²) in [6.07, 6.45) is -0.327. The molecule has 0 aromatic carbocycles. The van der Waals surface area contributed by atoms with Gasteiger partial charge in [-0.05, 0) is 25.0 Å². The van der Waals surface area contributed by atoms with Crippen LogP contribution >= 0.6 is 11.6 Å². The molecule has 4 rings (SSSR count). The molecule has 0 aliphatic heterocycles. The highest BCUT2D eigenvalue weighted by molar-refractivity contribution is 6.33. The molecule has 3 aromatic rings. The van der Waals surface area contributed by atoms with Crippen molar-refractivity contribution in [1.82, 2.24) is 24.6 Å². The number of rotatable bonds is 2. The Hall–Kier alpha value is -2.22. The Balaban J connectivity index is 1.90. The fourth-order valence-electron chi connectivity index (χ4n) is 2.37. The van der Waals surface area contributed by atoms with Gasteiger partial charge in [-0.1, -0.05) is 11.6 Å². The van der Waals surface area contributed by atoms with E-state index in [-0.39, 0.29) is 10.7 Å². The van der Waals surface area contributed by atoms with Crippen LogP contribution in [0.5, 0.6) is 0 Å². The molecule has 5 nitrogen and oxygen atoms in total. The molecular weight excluding hydrogens is 331 g/mol. The van der Waals surface area contributed by atoms with Crippen molar-refractivity contribution in [3.05, 3.63) is 40.9 Å². The molecule has 23 heavy (non-hydrogen) atoms. The minimum Gasteiger partial charge on any atom is -0.252 e. The van der Waals surface area contributed by atoms with Crippen LogP contribution in [0.4, 0.5) is 13.2 Å². The van der Waals surface area contributed by atoms with E-state index in [2.05, 4.69) is 20.1 Å². The van der Waals surface area contributed by atoms with Crippen molar-refractivity contribution >= 4 is 17.4 Å². The van der Waals surface area contributed by atoms with Gasteiger partial charge in [-0.25, -0.2) is 4.98 Å². The lowest BCUT2D eigenvalue weighted by molar-refractivity contribution is -0.137. The van der Waals surface area contributed by atoms with Gasteiger partial charge < -0.3 is 0 Å². The minimum atomic E-state index is -4.49. The van der Waals surface area contributed by atoms with Crippen LogP contribution in [0, 0.1) is 0 Å². The van der Waals surface area contributed by atoms with E-state index in [1.54, 1.807) is 6.07 Å². The molecule has 1 fully saturated rings. The summed E-state index contributed by atoms with van der Waals surface area (Å²) < 4.78 is 39.7. The SMILES string of the molecule is FC(F)(F)c1cnc(-c2cc(C3CC3)nc3ncnn23)c(Cl)c1. The summed E-state index contributed by atoms with van der Waals surface area (Å²) in [6, 6.07) is 2.63. The van der Waals surface area contributed by atoms with Crippen molar-refractivity contribution in [2.45, 2.75) is 24.9 Å². The van der Waals surface area contributed by atoms with Crippen molar-refractivity contribution in [3.63, 3.8) is 0 Å². The number of fused-ring (bicyclic) bond motifs is 1. The molecule has 0 bridgehead atoms. The smallest absolute Gasteiger partial charge is 0.252 e. The fraction of sp³-hybridized carbons (Fsp3) is 0.286. The molecule has 1 aliphatic carbocycles. The third kappa shape index (κ3) is 2.52. The first kappa shape index (κ1) is 14.4. The van der Waals surface area contributed by atoms with Crippen LogP contribution < -0.4 is 0 Å². The molecule has 0 unspecified atom stereocenters. The Kier molecular flexibility index (Phi) is 3.06. The van der Waals surface area contributed by atoms with E-state index in [1.807, 2.05) is 0 Å². The Labute approximate surface area is 133 Å². The molecule has 9 heteroatoms. The highest BCUT2D eigenvalue weighted by Crippen LogP contribution is 2.41. The molecule has 118 valence electrons. The monoisotopic (exact) mass is 339 g/mol. The van der Waals surface area contributed by atoms with E-state index in [4.69, 9.17) is 11.6 Å². The summed E-state index contributed by atoms with van der Waals surface area (Å²) >= 11 is 6.04. The van der Waals surface area contributed by atoms with Crippen LogP contribution in [0.15, 0.2) is 24.7 Å². The van der Waals surface area contributed by atoms with E-state index in [9.17, 15) is 13.2 Å². The number of hydrogen-bond donors (Lipinski definition) is 0. The Morgan fingerprint density at radius 2 is 1.96 bits per heavy atom. The summed E-state index contributed by atoms with van der Waals surface area (Å²) in [7, 11) is 0. The zero-order valence-electron chi connectivity index (χ0n) is 11.5. The van der Waals surface area contributed by atoms with E-state index in [1.165, 1.54) is 10.8 Å². The fourth-order valence-corrected chi connectivity index (χ4v) is 2.63. The van der Waals surface area contributed by atoms with Crippen LogP contribution in [0.25, 0.3) is 17.2 Å². The molecule has 3 aromatic heterocycles. The number of nitrogens with zero attached hydrogens (tertiary/aromatic N) is 5. The summed E-state index contributed by atoms with van der Waals surface area (Å²) in [5, 5.41) is 3.96. The van der Waals surface area contributed by atoms with Crippen LogP contribution in [-0.2, 0) is 6.18 Å². The van der Waals surface area contributed by atoms with Gasteiger partial charge in [0.2, 0.25) is 0 Å². The topological polar surface area (TPSA) is 56.0 Å². The molecule has 1 saturated carbocycles. The second-order valence-corrected chi connectivity index (χ2v) is 5.77. The van der Waals surface area contributed by atoms with Crippen LogP contribution in [-0.4, -0.2) is 24.6 Å². The standard InChI is InChI=1S/C14H9ClF3N5/c15-9-3-8(14(16,17)18)5-19-12(9)11-4-10(7-1-2-7)22-13-20-6-21-23(11)13/h3-7H,1-2H2. The first-order valence-corrected chi connectivity index (χ1v) is 7.25. The molecule has 0 amide bonds. The van der Waals surface area contributed by atoms with Crippen molar-refractivity contribution < 1.29 is 13.2 Å². The van der Waals surface area contributed by atoms with Crippen LogP contribution in [0.2, 0.25) is 5.02 Å². The molecule has 1 aliphatic rings. The molecule has 0 radical (unpaired) electrons. The van der Waals surface area contributed by atoms with E-state index in [0.717, 1.165) is 30.8 Å². The molecule has 3 heterocycles. The molecule has 0 N–H and O–H groups in total. The van der Waals surface area contributed by atoms with Gasteiger partial charge in [0, 0.05) is 17.8 Å². The third-order valence-corrected chi connectivity index (χ3v) is 3.97. The zero-order valence-corrected chi connectivity index (χ0v) is 12.3. The van der Waals surface area contributed by atoms with Crippen molar-refractivity contribution in [2.24, 2.45) is 0 Å². The maximum Gasteiger partial charge on any atom is 0.417 e. The van der Waals surface area contributed by atoms with Gasteiger partial charge in [-0.2, -0.15) is 27.8 Å². The second-order valence-electron chi connectivity index (χ2n) is 5.36. The van der Waals surface area contributed by atoms with Gasteiger partial charge in [-0.3, -0.25) is 4.98 Å². The highest BCUT2D eigenvalue weighted by atomic mass is 35.5. The maximum atomic E-state index is 12.7. The van der Waals surface area contributed by atoms with E-state index < -0.39 is 11.7 Å². The van der Waals surface area contributed by atoms with Gasteiger partial charge >= 0.3 is 6.18 Å². The lowest BCUT2D eigenvalue weighted by Gasteiger charge is -2.11. The highest BCUT2D eigenvalue weighted by Gasteiger charge is 2.32. The van der Waals surface area contributed by atoms with Crippen LogP contribution in [0.3, 0.4) is 0 Å². The Bertz CT molecular complexity index is 901. The summed E-state index contributed by atoms with van der Waals surface area (Å²) in [4.78, 5) is 12.4. The average molecular weight is 340 g/mol. The molecular formula is C14H9ClF3N5. The number of aromatic nitrogens is 5. The number of alkyl halides is 3. The molecule has 0 atom stereocenters. The minimum absolute atomic E-state index is 0.0930. The van der Waals surface area contributed by atoms with Crippen molar-refractivity contribution in [3.8, 4) is 11.4 Å². The lowest BCUT2D eigenvalue weighted by atomic mass is 10.1. The summed E-state index contributed by atoms with van der Waals surface area (Å²) in [5.41, 5.74) is 0.642. The number of hydrogen-bond acceptors (Lipinski definition) is 4. The third-order valence-electron chi connectivity index (χ3n) is 3.68. The molecule has 0 spiro atoms. The van der Waals surface area contributed by atoms with Crippen molar-refractivity contribution in [2.75, 3.05) is 0 Å². The van der Waals surface area contributed by atoms with Gasteiger partial charge in [0.1, 0.15) is 12.0 Å². The van der Waals surface area contributed by atoms with Crippen molar-refractivity contribution in [1.29, 1.82) is 0 Å².